The van der Waals surface area contributed by atoms with Crippen LogP contribution < -0.4 is 4.74 Å². The lowest BCUT2D eigenvalue weighted by molar-refractivity contribution is -0.152. The maximum absolute atomic E-state index is 13.3. The number of esters is 1. The minimum Gasteiger partial charge on any atom is -0.489 e. The summed E-state index contributed by atoms with van der Waals surface area (Å²) in [4.78, 5) is 32.0. The largest absolute Gasteiger partial charge is 0.489 e. The van der Waals surface area contributed by atoms with Gasteiger partial charge in [-0.05, 0) is 55.7 Å². The molecular formula is C26H31ClN2O4S2. The van der Waals surface area contributed by atoms with Gasteiger partial charge in [-0.25, -0.2) is 4.79 Å². The first kappa shape index (κ1) is 28.8. The summed E-state index contributed by atoms with van der Waals surface area (Å²) in [5, 5.41) is 0.511. The van der Waals surface area contributed by atoms with E-state index >= 15 is 0 Å². The number of thioether (sulfide) groups is 1. The van der Waals surface area contributed by atoms with Crippen LogP contribution in [0.25, 0.3) is 17.3 Å². The molecule has 1 amide bonds. The number of halogens is 1. The number of methoxy groups -OCH3 is 1. The Kier molecular flexibility index (Phi) is 11.2. The van der Waals surface area contributed by atoms with Gasteiger partial charge in [0, 0.05) is 23.5 Å². The normalized spacial score (nSPS) is 13.2. The van der Waals surface area contributed by atoms with E-state index in [1.54, 1.807) is 19.3 Å². The van der Waals surface area contributed by atoms with Crippen LogP contribution in [0, 0.1) is 5.92 Å². The van der Waals surface area contributed by atoms with Gasteiger partial charge in [0.2, 0.25) is 0 Å². The molecule has 2 unspecified atom stereocenters. The number of carbonyl (C=O) groups is 2. The molecule has 0 bridgehead atoms. The van der Waals surface area contributed by atoms with Crippen molar-refractivity contribution in [3.05, 3.63) is 52.0 Å². The highest BCUT2D eigenvalue weighted by atomic mass is 35.5. The Bertz CT molecular complexity index is 1070. The minimum atomic E-state index is -0.695. The molecule has 0 saturated carbocycles. The summed E-state index contributed by atoms with van der Waals surface area (Å²) in [6.45, 7) is 7.76. The van der Waals surface area contributed by atoms with E-state index in [4.69, 9.17) is 33.3 Å². The van der Waals surface area contributed by atoms with Crippen molar-refractivity contribution >= 4 is 58.2 Å². The average molecular weight is 535 g/mol. The first-order chi connectivity index (χ1) is 16.6. The van der Waals surface area contributed by atoms with E-state index in [-0.39, 0.29) is 17.9 Å². The molecule has 0 aliphatic carbocycles. The summed E-state index contributed by atoms with van der Waals surface area (Å²) in [6, 6.07) is 8.55. The molecule has 0 N–H and O–H groups in total. The number of likely N-dealkylation sites (N-methyl/N-ethyl adjacent to an activating group) is 1. The number of rotatable bonds is 11. The quantitative estimate of drug-likeness (QED) is 0.191. The molecule has 1 heterocycles. The first-order valence-corrected chi connectivity index (χ1v) is 12.9. The molecule has 0 saturated heterocycles. The van der Waals surface area contributed by atoms with E-state index in [9.17, 15) is 9.59 Å². The van der Waals surface area contributed by atoms with Gasteiger partial charge in [-0.2, -0.15) is 0 Å². The number of benzene rings is 1. The molecule has 2 rings (SSSR count). The highest BCUT2D eigenvalue weighted by Crippen LogP contribution is 2.31. The number of nitrogens with zero attached hydrogens (tertiary/aromatic N) is 2. The summed E-state index contributed by atoms with van der Waals surface area (Å²) < 4.78 is 12.0. The SMILES string of the molecule is CCC(C)C(C(=O)OC)N(C)C(=O)/C(=C/c1ccc(-c2ccc(OC(C)C)c(Cl)c2)nc1)SC=S. The van der Waals surface area contributed by atoms with Crippen LogP contribution in [0.2, 0.25) is 5.02 Å². The zero-order valence-corrected chi connectivity index (χ0v) is 23.2. The number of carbonyl (C=O) groups excluding carboxylic acids is 2. The Morgan fingerprint density at radius 2 is 1.94 bits per heavy atom. The third kappa shape index (κ3) is 7.78. The number of hydrogen-bond acceptors (Lipinski definition) is 7. The third-order valence-electron chi connectivity index (χ3n) is 5.42. The van der Waals surface area contributed by atoms with Gasteiger partial charge >= 0.3 is 5.97 Å². The van der Waals surface area contributed by atoms with Crippen LogP contribution in [0.1, 0.15) is 39.7 Å². The standard InChI is InChI=1S/C26H31ClN2O4S2/c1-7-17(4)24(26(31)32-6)29(5)25(30)23(35-15-34)12-18-8-10-21(28-14-18)19-9-11-22(20(27)13-19)33-16(2)3/h8-17,24H,7H2,1-6H3/b23-12-. The molecule has 0 fully saturated rings. The Balaban J connectivity index is 2.30. The molecule has 0 aliphatic heterocycles. The highest BCUT2D eigenvalue weighted by molar-refractivity contribution is 8.24. The summed E-state index contributed by atoms with van der Waals surface area (Å²) in [5.74, 6) is -0.211. The molecule has 1 aromatic heterocycles. The lowest BCUT2D eigenvalue weighted by atomic mass is 9.98. The topological polar surface area (TPSA) is 68.7 Å². The van der Waals surface area contributed by atoms with Crippen LogP contribution in [0.4, 0.5) is 0 Å². The number of pyridine rings is 1. The molecule has 9 heteroatoms. The van der Waals surface area contributed by atoms with Crippen LogP contribution in [0.15, 0.2) is 41.4 Å². The second-order valence-corrected chi connectivity index (χ2v) is 10.1. The third-order valence-corrected chi connectivity index (χ3v) is 6.65. The Labute approximate surface area is 222 Å². The van der Waals surface area contributed by atoms with E-state index in [0.717, 1.165) is 35.0 Å². The molecule has 35 heavy (non-hydrogen) atoms. The van der Waals surface area contributed by atoms with E-state index in [1.165, 1.54) is 16.7 Å². The van der Waals surface area contributed by atoms with Crippen molar-refractivity contribution in [2.75, 3.05) is 14.2 Å². The number of thiocarbonyl (C=S) groups is 1. The molecule has 0 radical (unpaired) electrons. The van der Waals surface area contributed by atoms with Gasteiger partial charge in [0.25, 0.3) is 5.91 Å². The fourth-order valence-corrected chi connectivity index (χ4v) is 4.53. The molecule has 0 spiro atoms. The summed E-state index contributed by atoms with van der Waals surface area (Å²) in [6.07, 6.45) is 4.12. The first-order valence-electron chi connectivity index (χ1n) is 11.2. The van der Waals surface area contributed by atoms with E-state index in [0.29, 0.717) is 15.7 Å². The molecule has 1 aromatic carbocycles. The van der Waals surface area contributed by atoms with Crippen molar-refractivity contribution in [1.29, 1.82) is 0 Å². The smallest absolute Gasteiger partial charge is 0.328 e. The molecular weight excluding hydrogens is 504 g/mol. The number of amides is 1. The minimum absolute atomic E-state index is 0.0248. The average Bonchev–Trinajstić information content (AvgIpc) is 2.84. The van der Waals surface area contributed by atoms with Gasteiger partial charge < -0.3 is 14.4 Å². The van der Waals surface area contributed by atoms with Crippen molar-refractivity contribution in [1.82, 2.24) is 9.88 Å². The molecule has 2 atom stereocenters. The van der Waals surface area contributed by atoms with Crippen LogP contribution in [0.5, 0.6) is 5.75 Å². The summed E-state index contributed by atoms with van der Waals surface area (Å²) >= 11 is 12.5. The molecule has 188 valence electrons. The Morgan fingerprint density at radius 3 is 2.46 bits per heavy atom. The summed E-state index contributed by atoms with van der Waals surface area (Å²) in [7, 11) is 2.93. The van der Waals surface area contributed by atoms with Crippen LogP contribution in [-0.4, -0.2) is 52.8 Å². The molecule has 0 aliphatic rings. The Hall–Kier alpha value is -2.42. The van der Waals surface area contributed by atoms with Crippen LogP contribution in [-0.2, 0) is 14.3 Å². The predicted molar refractivity (Wildman–Crippen MR) is 148 cm³/mol. The zero-order chi connectivity index (χ0) is 26.1. The fraction of sp³-hybridized carbons (Fsp3) is 0.385. The van der Waals surface area contributed by atoms with Crippen LogP contribution in [0.3, 0.4) is 0 Å². The van der Waals surface area contributed by atoms with Gasteiger partial charge in [0.1, 0.15) is 11.8 Å². The van der Waals surface area contributed by atoms with Gasteiger partial charge in [0.15, 0.2) is 0 Å². The molecule has 2 aromatic rings. The van der Waals surface area contributed by atoms with Gasteiger partial charge in [-0.3, -0.25) is 9.78 Å². The van der Waals surface area contributed by atoms with Crippen LogP contribution >= 0.6 is 35.6 Å². The summed E-state index contributed by atoms with van der Waals surface area (Å²) in [5.41, 5.74) is 2.30. The van der Waals surface area contributed by atoms with Crippen molar-refractivity contribution in [2.45, 2.75) is 46.3 Å². The molecule has 6 nitrogen and oxygen atoms in total. The van der Waals surface area contributed by atoms with Crippen molar-refractivity contribution in [3.63, 3.8) is 0 Å². The van der Waals surface area contributed by atoms with Gasteiger partial charge in [-0.15, -0.1) is 0 Å². The second kappa shape index (κ2) is 13.6. The lowest BCUT2D eigenvalue weighted by Crippen LogP contribution is -2.47. The highest BCUT2D eigenvalue weighted by Gasteiger charge is 2.33. The number of aromatic nitrogens is 1. The predicted octanol–water partition coefficient (Wildman–Crippen LogP) is 6.27. The maximum Gasteiger partial charge on any atom is 0.328 e. The van der Waals surface area contributed by atoms with Gasteiger partial charge in [-0.1, -0.05) is 61.9 Å². The lowest BCUT2D eigenvalue weighted by Gasteiger charge is -2.30. The fourth-order valence-electron chi connectivity index (χ4n) is 3.44. The van der Waals surface area contributed by atoms with E-state index < -0.39 is 12.0 Å². The number of hydrogen-bond donors (Lipinski definition) is 0. The second-order valence-electron chi connectivity index (χ2n) is 8.28. The van der Waals surface area contributed by atoms with Crippen molar-refractivity contribution < 1.29 is 19.1 Å². The number of ether oxygens (including phenoxy) is 2. The van der Waals surface area contributed by atoms with E-state index in [2.05, 4.69) is 4.98 Å². The van der Waals surface area contributed by atoms with E-state index in [1.807, 2.05) is 58.0 Å². The van der Waals surface area contributed by atoms with Crippen molar-refractivity contribution in [3.8, 4) is 17.0 Å². The zero-order valence-electron chi connectivity index (χ0n) is 20.8. The maximum atomic E-state index is 13.3. The van der Waals surface area contributed by atoms with Crippen molar-refractivity contribution in [2.24, 2.45) is 5.92 Å². The monoisotopic (exact) mass is 534 g/mol. The van der Waals surface area contributed by atoms with Gasteiger partial charge in [0.05, 0.1) is 28.8 Å². The Morgan fingerprint density at radius 1 is 1.23 bits per heavy atom.